The summed E-state index contributed by atoms with van der Waals surface area (Å²) in [5.41, 5.74) is -0.269. The predicted molar refractivity (Wildman–Crippen MR) is 37.3 cm³/mol. The van der Waals surface area contributed by atoms with Gasteiger partial charge in [0, 0.05) is 0 Å². The largest absolute Gasteiger partial charge is 0.340 e. The Morgan fingerprint density at radius 3 is 2.22 bits per heavy atom. The van der Waals surface area contributed by atoms with Crippen LogP contribution in [0.2, 0.25) is 0 Å². The van der Waals surface area contributed by atoms with Gasteiger partial charge >= 0.3 is 5.69 Å². The lowest BCUT2D eigenvalue weighted by Crippen LogP contribution is -1.99. The topological polar surface area (TPSA) is 61.5 Å². The van der Waals surface area contributed by atoms with Crippen LogP contribution in [0.3, 0.4) is 0 Å². The Hall–Kier alpha value is -1.06. The van der Waals surface area contributed by atoms with Gasteiger partial charge in [-0.05, 0) is 0 Å². The molecule has 0 spiro atoms. The summed E-state index contributed by atoms with van der Waals surface area (Å²) in [5.74, 6) is 0. The first-order valence-corrected chi connectivity index (χ1v) is 2.47. The van der Waals surface area contributed by atoms with Gasteiger partial charge < -0.3 is 0 Å². The first-order chi connectivity index (χ1) is 3.89. The van der Waals surface area contributed by atoms with E-state index in [2.05, 4.69) is 15.2 Å². The predicted octanol–water partition coefficient (Wildman–Crippen LogP) is 0.760. The number of aromatic nitrogens is 3. The zero-order chi connectivity index (χ0) is 6.41. The molecule has 1 aromatic rings. The van der Waals surface area contributed by atoms with Crippen molar-refractivity contribution in [2.45, 2.75) is 21.3 Å². The maximum atomic E-state index is 9.90. The van der Waals surface area contributed by atoms with Crippen molar-refractivity contribution in [3.8, 4) is 0 Å². The normalized spacial score (nSPS) is 6.44. The van der Waals surface area contributed by atoms with Crippen molar-refractivity contribution < 1.29 is 0 Å². The molecular weight excluding hydrogens is 118 g/mol. The fourth-order valence-corrected chi connectivity index (χ4v) is 0.214. The molecule has 0 saturated heterocycles. The van der Waals surface area contributed by atoms with Gasteiger partial charge in [0.25, 0.3) is 0 Å². The summed E-state index contributed by atoms with van der Waals surface area (Å²) < 4.78 is 0. The van der Waals surface area contributed by atoms with Gasteiger partial charge in [0.1, 0.15) is 6.33 Å². The van der Waals surface area contributed by atoms with Gasteiger partial charge in [0.15, 0.2) is 0 Å². The van der Waals surface area contributed by atoms with Crippen LogP contribution in [0.1, 0.15) is 21.3 Å². The van der Waals surface area contributed by atoms with Crippen LogP contribution in [0.15, 0.2) is 11.1 Å². The molecule has 1 rings (SSSR count). The maximum absolute atomic E-state index is 9.90. The van der Waals surface area contributed by atoms with Gasteiger partial charge in [-0.25, -0.2) is 9.89 Å². The summed E-state index contributed by atoms with van der Waals surface area (Å²) in [4.78, 5) is 12.2. The van der Waals surface area contributed by atoms with Crippen molar-refractivity contribution in [3.05, 3.63) is 16.8 Å². The van der Waals surface area contributed by atoms with Crippen molar-refractivity contribution in [1.82, 2.24) is 15.2 Å². The Labute approximate surface area is 54.3 Å². The van der Waals surface area contributed by atoms with Crippen molar-refractivity contribution in [2.24, 2.45) is 0 Å². The second kappa shape index (κ2) is 6.94. The van der Waals surface area contributed by atoms with Crippen molar-refractivity contribution in [2.75, 3.05) is 0 Å². The maximum Gasteiger partial charge on any atom is 0.340 e. The molecule has 1 aromatic heterocycles. The van der Waals surface area contributed by atoms with E-state index in [1.54, 1.807) is 0 Å². The van der Waals surface area contributed by atoms with Gasteiger partial charge in [-0.15, -0.1) is 0 Å². The van der Waals surface area contributed by atoms with E-state index in [0.29, 0.717) is 0 Å². The van der Waals surface area contributed by atoms with Crippen LogP contribution in [-0.4, -0.2) is 15.2 Å². The van der Waals surface area contributed by atoms with Crippen LogP contribution < -0.4 is 5.69 Å². The van der Waals surface area contributed by atoms with Crippen molar-refractivity contribution in [1.29, 1.82) is 0 Å². The van der Waals surface area contributed by atoms with E-state index < -0.39 is 0 Å². The number of hydrogen-bond donors (Lipinski definition) is 2. The molecule has 54 valence electrons. The van der Waals surface area contributed by atoms with Crippen LogP contribution in [0.5, 0.6) is 0 Å². The van der Waals surface area contributed by atoms with Crippen molar-refractivity contribution in [3.63, 3.8) is 0 Å². The Morgan fingerprint density at radius 2 is 2.11 bits per heavy atom. The van der Waals surface area contributed by atoms with E-state index in [0.717, 1.165) is 0 Å². The zero-order valence-electron chi connectivity index (χ0n) is 4.93. The lowest BCUT2D eigenvalue weighted by molar-refractivity contribution is 1.05. The molecule has 2 N–H and O–H groups in total. The standard InChI is InChI=1S/C2H3N3O.C2H6.CH4/c6-2-3-1-4-5-2;1-2;/h1H,(H2,3,4,5,6);1-2H3;1H4. The van der Waals surface area contributed by atoms with Crippen molar-refractivity contribution >= 4 is 0 Å². The lowest BCUT2D eigenvalue weighted by Gasteiger charge is -1.49. The quantitative estimate of drug-likeness (QED) is 0.546. The minimum atomic E-state index is -0.269. The molecule has 0 radical (unpaired) electrons. The zero-order valence-corrected chi connectivity index (χ0v) is 4.93. The van der Waals surface area contributed by atoms with Gasteiger partial charge in [0.05, 0.1) is 0 Å². The average Bonchev–Trinajstić information content (AvgIpc) is 2.24. The summed E-state index contributed by atoms with van der Waals surface area (Å²) >= 11 is 0. The van der Waals surface area contributed by atoms with Crippen LogP contribution in [0.25, 0.3) is 0 Å². The molecule has 0 fully saturated rings. The summed E-state index contributed by atoms with van der Waals surface area (Å²) in [6.07, 6.45) is 1.29. The molecule has 0 aliphatic rings. The highest BCUT2D eigenvalue weighted by molar-refractivity contribution is 4.48. The number of H-pyrrole nitrogens is 2. The minimum absolute atomic E-state index is 0. The third-order valence-electron chi connectivity index (χ3n) is 0.426. The summed E-state index contributed by atoms with van der Waals surface area (Å²) in [5, 5.41) is 5.47. The van der Waals surface area contributed by atoms with Crippen LogP contribution >= 0.6 is 0 Å². The lowest BCUT2D eigenvalue weighted by atomic mass is 11.0. The molecule has 0 amide bonds. The Bertz CT molecular complexity index is 150. The molecule has 0 aromatic carbocycles. The third-order valence-corrected chi connectivity index (χ3v) is 0.426. The Kier molecular flexibility index (Phi) is 8.36. The fourth-order valence-electron chi connectivity index (χ4n) is 0.214. The molecule has 9 heavy (non-hydrogen) atoms. The summed E-state index contributed by atoms with van der Waals surface area (Å²) in [6.45, 7) is 4.00. The molecule has 0 unspecified atom stereocenters. The molecule has 0 saturated carbocycles. The van der Waals surface area contributed by atoms with Crippen LogP contribution in [0.4, 0.5) is 0 Å². The molecule has 0 aliphatic carbocycles. The average molecular weight is 131 g/mol. The van der Waals surface area contributed by atoms with E-state index in [1.165, 1.54) is 6.33 Å². The molecule has 0 aliphatic heterocycles. The number of hydrogen-bond acceptors (Lipinski definition) is 2. The first kappa shape index (κ1) is 10.8. The summed E-state index contributed by atoms with van der Waals surface area (Å²) in [7, 11) is 0. The van der Waals surface area contributed by atoms with E-state index in [9.17, 15) is 4.79 Å². The van der Waals surface area contributed by atoms with Gasteiger partial charge in [-0.1, -0.05) is 21.3 Å². The fraction of sp³-hybridized carbons (Fsp3) is 0.600. The molecule has 4 nitrogen and oxygen atoms in total. The molecule has 4 heteroatoms. The van der Waals surface area contributed by atoms with Gasteiger partial charge in [0.2, 0.25) is 0 Å². The first-order valence-electron chi connectivity index (χ1n) is 2.47. The number of nitrogens with zero attached hydrogens (tertiary/aromatic N) is 1. The highest BCUT2D eigenvalue weighted by Crippen LogP contribution is 1.42. The second-order valence-electron chi connectivity index (χ2n) is 0.843. The van der Waals surface area contributed by atoms with Gasteiger partial charge in [-0.2, -0.15) is 5.10 Å². The molecule has 0 atom stereocenters. The smallest absolute Gasteiger partial charge is 0.296 e. The number of nitrogens with one attached hydrogen (secondary N) is 2. The van der Waals surface area contributed by atoms with Crippen LogP contribution in [0, 0.1) is 0 Å². The van der Waals surface area contributed by atoms with Crippen LogP contribution in [-0.2, 0) is 0 Å². The number of rotatable bonds is 0. The molecule has 1 heterocycles. The van der Waals surface area contributed by atoms with Gasteiger partial charge in [-0.3, -0.25) is 4.98 Å². The SMILES string of the molecule is C.CC.O=c1[nH]cn[nH]1. The van der Waals surface area contributed by atoms with E-state index in [-0.39, 0.29) is 13.1 Å². The van der Waals surface area contributed by atoms with E-state index >= 15 is 0 Å². The second-order valence-corrected chi connectivity index (χ2v) is 0.843. The minimum Gasteiger partial charge on any atom is -0.296 e. The van der Waals surface area contributed by atoms with E-state index in [4.69, 9.17) is 0 Å². The molecular formula is C5H13N3O. The molecule has 0 bridgehead atoms. The highest BCUT2D eigenvalue weighted by atomic mass is 16.1. The Morgan fingerprint density at radius 1 is 1.56 bits per heavy atom. The Balaban J connectivity index is 0. The highest BCUT2D eigenvalue weighted by Gasteiger charge is 1.70. The van der Waals surface area contributed by atoms with E-state index in [1.807, 2.05) is 13.8 Å². The summed E-state index contributed by atoms with van der Waals surface area (Å²) in [6, 6.07) is 0. The third kappa shape index (κ3) is 4.80. The number of aromatic amines is 2. The monoisotopic (exact) mass is 131 g/mol.